The Morgan fingerprint density at radius 2 is 1.91 bits per heavy atom. The summed E-state index contributed by atoms with van der Waals surface area (Å²) in [6.45, 7) is 4.41. The Bertz CT molecular complexity index is 1310. The van der Waals surface area contributed by atoms with Crippen molar-refractivity contribution in [3.8, 4) is 0 Å². The van der Waals surface area contributed by atoms with E-state index in [0.717, 1.165) is 28.2 Å². The summed E-state index contributed by atoms with van der Waals surface area (Å²) in [6, 6.07) is 16.6. The summed E-state index contributed by atoms with van der Waals surface area (Å²) < 4.78 is 6.87. The second-order valence-electron chi connectivity index (χ2n) is 7.30. The summed E-state index contributed by atoms with van der Waals surface area (Å²) in [5, 5.41) is 12.6. The lowest BCUT2D eigenvalue weighted by atomic mass is 10.1. The highest BCUT2D eigenvalue weighted by Crippen LogP contribution is 2.27. The van der Waals surface area contributed by atoms with Crippen molar-refractivity contribution in [3.63, 3.8) is 0 Å². The van der Waals surface area contributed by atoms with E-state index in [2.05, 4.69) is 27.1 Å². The number of allylic oxidation sites excluding steroid dienone is 1. The maximum Gasteiger partial charge on any atom is 0.328 e. The van der Waals surface area contributed by atoms with Crippen LogP contribution in [-0.4, -0.2) is 50.5 Å². The Balaban J connectivity index is 1.48. The summed E-state index contributed by atoms with van der Waals surface area (Å²) in [4.78, 5) is 29.4. The minimum atomic E-state index is -0.776. The lowest BCUT2D eigenvalue weighted by molar-refractivity contribution is -0.144. The number of methoxy groups -OCH3 is 1. The Kier molecular flexibility index (Phi) is 6.99. The molecule has 0 bridgehead atoms. The predicted molar refractivity (Wildman–Crippen MR) is 128 cm³/mol. The van der Waals surface area contributed by atoms with E-state index in [0.29, 0.717) is 29.3 Å². The van der Waals surface area contributed by atoms with E-state index in [1.54, 1.807) is 6.08 Å². The molecule has 1 amide bonds. The number of amides is 1. The third kappa shape index (κ3) is 5.04. The topological polar surface area (TPSA) is 99.0 Å². The van der Waals surface area contributed by atoms with Gasteiger partial charge in [-0.05, 0) is 11.6 Å². The van der Waals surface area contributed by atoms with Gasteiger partial charge in [-0.15, -0.1) is 16.8 Å². The second kappa shape index (κ2) is 10.3. The molecule has 0 aliphatic heterocycles. The van der Waals surface area contributed by atoms with E-state index in [4.69, 9.17) is 4.74 Å². The number of carbonyl (C=O) groups is 2. The number of rotatable bonds is 9. The molecule has 0 aliphatic rings. The summed E-state index contributed by atoms with van der Waals surface area (Å²) in [6.07, 6.45) is 2.14. The highest BCUT2D eigenvalue weighted by atomic mass is 32.2. The van der Waals surface area contributed by atoms with E-state index in [1.807, 2.05) is 59.2 Å². The number of aromatic nitrogens is 4. The van der Waals surface area contributed by atoms with Crippen LogP contribution in [0.4, 0.5) is 0 Å². The number of hydrogen-bond acceptors (Lipinski definition) is 7. The zero-order valence-corrected chi connectivity index (χ0v) is 18.9. The molecule has 1 unspecified atom stereocenters. The molecule has 9 heteroatoms. The van der Waals surface area contributed by atoms with Crippen LogP contribution < -0.4 is 5.32 Å². The smallest absolute Gasteiger partial charge is 0.328 e. The highest BCUT2D eigenvalue weighted by Gasteiger charge is 2.22. The maximum atomic E-state index is 12.6. The molecule has 4 rings (SSSR count). The fourth-order valence-electron chi connectivity index (χ4n) is 3.62. The van der Waals surface area contributed by atoms with E-state index >= 15 is 0 Å². The molecule has 2 heterocycles. The fraction of sp³-hybridized carbons (Fsp3) is 0.208. The van der Waals surface area contributed by atoms with Crippen molar-refractivity contribution < 1.29 is 14.3 Å². The number of hydrogen-bond donors (Lipinski definition) is 1. The molecule has 8 nitrogen and oxygen atoms in total. The van der Waals surface area contributed by atoms with Crippen LogP contribution in [0.3, 0.4) is 0 Å². The van der Waals surface area contributed by atoms with Gasteiger partial charge in [-0.3, -0.25) is 4.79 Å². The van der Waals surface area contributed by atoms with Gasteiger partial charge in [0.25, 0.3) is 0 Å². The monoisotopic (exact) mass is 461 g/mol. The van der Waals surface area contributed by atoms with E-state index in [-0.39, 0.29) is 11.7 Å². The third-order valence-electron chi connectivity index (χ3n) is 5.10. The summed E-state index contributed by atoms with van der Waals surface area (Å²) in [5.41, 5.74) is 3.31. The van der Waals surface area contributed by atoms with Gasteiger partial charge in [-0.1, -0.05) is 66.4 Å². The number of nitrogens with one attached hydrogen (secondary N) is 1. The van der Waals surface area contributed by atoms with Gasteiger partial charge in [0.05, 0.1) is 18.4 Å². The standard InChI is InChI=1S/C24H23N5O3S/c1-3-13-29-19-12-8-7-11-17(19)21-22(29)26-24(28-27-21)33-15-20(30)25-18(23(31)32-2)14-16-9-5-4-6-10-16/h3-12,18H,1,13-15H2,2H3,(H,25,30). The molecule has 0 spiro atoms. The van der Waals surface area contributed by atoms with Crippen LogP contribution in [0.25, 0.3) is 22.1 Å². The van der Waals surface area contributed by atoms with Crippen LogP contribution in [0, 0.1) is 0 Å². The lowest BCUT2D eigenvalue weighted by Gasteiger charge is -2.16. The molecule has 1 atom stereocenters. The number of thioether (sulfide) groups is 1. The molecule has 0 aliphatic carbocycles. The van der Waals surface area contributed by atoms with Crippen LogP contribution in [0.15, 0.2) is 72.4 Å². The number of esters is 1. The number of carbonyl (C=O) groups excluding carboxylic acids is 2. The van der Waals surface area contributed by atoms with Gasteiger partial charge < -0.3 is 14.6 Å². The first-order valence-corrected chi connectivity index (χ1v) is 11.4. The minimum Gasteiger partial charge on any atom is -0.467 e. The molecular weight excluding hydrogens is 438 g/mol. The van der Waals surface area contributed by atoms with Gasteiger partial charge in [-0.2, -0.15) is 0 Å². The molecule has 0 fully saturated rings. The third-order valence-corrected chi connectivity index (χ3v) is 5.94. The fourth-order valence-corrected chi connectivity index (χ4v) is 4.21. The van der Waals surface area contributed by atoms with Crippen LogP contribution >= 0.6 is 11.8 Å². The van der Waals surface area contributed by atoms with Crippen molar-refractivity contribution in [1.82, 2.24) is 25.1 Å². The van der Waals surface area contributed by atoms with Crippen LogP contribution in [0.2, 0.25) is 0 Å². The first kappa shape index (κ1) is 22.5. The molecule has 168 valence electrons. The lowest BCUT2D eigenvalue weighted by Crippen LogP contribution is -2.43. The van der Waals surface area contributed by atoms with Crippen LogP contribution in [0.5, 0.6) is 0 Å². The molecular formula is C24H23N5O3S. The largest absolute Gasteiger partial charge is 0.467 e. The first-order chi connectivity index (χ1) is 16.1. The average Bonchev–Trinajstić information content (AvgIpc) is 3.16. The van der Waals surface area contributed by atoms with Crippen molar-refractivity contribution in [3.05, 3.63) is 72.8 Å². The molecule has 0 saturated heterocycles. The minimum absolute atomic E-state index is 0.0388. The van der Waals surface area contributed by atoms with Crippen molar-refractivity contribution in [2.75, 3.05) is 12.9 Å². The van der Waals surface area contributed by atoms with E-state index < -0.39 is 12.0 Å². The second-order valence-corrected chi connectivity index (χ2v) is 8.25. The van der Waals surface area contributed by atoms with Gasteiger partial charge in [0.1, 0.15) is 11.6 Å². The zero-order chi connectivity index (χ0) is 23.2. The van der Waals surface area contributed by atoms with Crippen molar-refractivity contribution in [1.29, 1.82) is 0 Å². The Morgan fingerprint density at radius 3 is 2.67 bits per heavy atom. The van der Waals surface area contributed by atoms with E-state index in [1.165, 1.54) is 7.11 Å². The first-order valence-electron chi connectivity index (χ1n) is 10.4. The Labute approximate surface area is 195 Å². The summed E-state index contributed by atoms with van der Waals surface area (Å²) >= 11 is 1.16. The summed E-state index contributed by atoms with van der Waals surface area (Å²) in [7, 11) is 1.30. The average molecular weight is 462 g/mol. The Hall–Kier alpha value is -3.72. The zero-order valence-electron chi connectivity index (χ0n) is 18.1. The predicted octanol–water partition coefficient (Wildman–Crippen LogP) is 3.16. The van der Waals surface area contributed by atoms with Gasteiger partial charge in [0.2, 0.25) is 11.1 Å². The Morgan fingerprint density at radius 1 is 1.15 bits per heavy atom. The molecule has 0 saturated carbocycles. The molecule has 33 heavy (non-hydrogen) atoms. The number of nitrogens with zero attached hydrogens (tertiary/aromatic N) is 4. The number of para-hydroxylation sites is 1. The van der Waals surface area contributed by atoms with Crippen LogP contribution in [0.1, 0.15) is 5.56 Å². The number of ether oxygens (including phenoxy) is 1. The highest BCUT2D eigenvalue weighted by molar-refractivity contribution is 7.99. The molecule has 1 N–H and O–H groups in total. The van der Waals surface area contributed by atoms with Gasteiger partial charge in [0.15, 0.2) is 5.65 Å². The normalized spacial score (nSPS) is 11.9. The van der Waals surface area contributed by atoms with Gasteiger partial charge >= 0.3 is 5.97 Å². The summed E-state index contributed by atoms with van der Waals surface area (Å²) in [5.74, 6) is -0.774. The SMILES string of the molecule is C=CCn1c2ccccc2c2nnc(SCC(=O)NC(Cc3ccccc3)C(=O)OC)nc21. The molecule has 2 aromatic carbocycles. The molecule has 0 radical (unpaired) electrons. The number of benzene rings is 2. The van der Waals surface area contributed by atoms with Gasteiger partial charge in [0, 0.05) is 18.4 Å². The van der Waals surface area contributed by atoms with E-state index in [9.17, 15) is 9.59 Å². The van der Waals surface area contributed by atoms with Crippen molar-refractivity contribution in [2.45, 2.75) is 24.2 Å². The van der Waals surface area contributed by atoms with Crippen LogP contribution in [-0.2, 0) is 27.3 Å². The quantitative estimate of drug-likeness (QED) is 0.232. The van der Waals surface area contributed by atoms with Crippen molar-refractivity contribution >= 4 is 45.7 Å². The number of fused-ring (bicyclic) bond motifs is 3. The van der Waals surface area contributed by atoms with Gasteiger partial charge in [-0.25, -0.2) is 9.78 Å². The molecule has 2 aromatic heterocycles. The van der Waals surface area contributed by atoms with Crippen molar-refractivity contribution in [2.24, 2.45) is 0 Å². The maximum absolute atomic E-state index is 12.6. The molecule has 4 aromatic rings.